The van der Waals surface area contributed by atoms with E-state index in [9.17, 15) is 13.2 Å². The van der Waals surface area contributed by atoms with Crippen molar-refractivity contribution in [3.63, 3.8) is 0 Å². The molecule has 0 bridgehead atoms. The Morgan fingerprint density at radius 2 is 1.86 bits per heavy atom. The molecule has 1 fully saturated rings. The van der Waals surface area contributed by atoms with Crippen molar-refractivity contribution >= 4 is 15.9 Å². The van der Waals surface area contributed by atoms with E-state index in [-0.39, 0.29) is 21.8 Å². The van der Waals surface area contributed by atoms with Gasteiger partial charge in [0.25, 0.3) is 0 Å². The van der Waals surface area contributed by atoms with Gasteiger partial charge in [0.15, 0.2) is 0 Å². The zero-order chi connectivity index (χ0) is 15.0. The quantitative estimate of drug-likeness (QED) is 0.740. The maximum absolute atomic E-state index is 12.9. The molecule has 2 aromatic rings. The highest BCUT2D eigenvalue weighted by Crippen LogP contribution is 2.38. The van der Waals surface area contributed by atoms with Crippen LogP contribution in [0.2, 0.25) is 0 Å². The second-order valence-electron chi connectivity index (χ2n) is 5.12. The van der Waals surface area contributed by atoms with Crippen LogP contribution in [0, 0.1) is 0 Å². The number of alkyl halides is 3. The van der Waals surface area contributed by atoms with E-state index in [2.05, 4.69) is 26.1 Å². The number of aromatic nitrogens is 2. The molecule has 1 aliphatic rings. The normalized spacial score (nSPS) is 16.6. The predicted octanol–water partition coefficient (Wildman–Crippen LogP) is 5.18. The van der Waals surface area contributed by atoms with Gasteiger partial charge < -0.3 is 4.42 Å². The summed E-state index contributed by atoms with van der Waals surface area (Å²) in [5, 5.41) is 7.86. The highest BCUT2D eigenvalue weighted by atomic mass is 79.9. The van der Waals surface area contributed by atoms with Crippen molar-refractivity contribution in [1.29, 1.82) is 0 Å². The maximum atomic E-state index is 12.9. The van der Waals surface area contributed by atoms with Crippen molar-refractivity contribution in [3.05, 3.63) is 34.1 Å². The third-order valence-corrected chi connectivity index (χ3v) is 4.36. The van der Waals surface area contributed by atoms with Crippen LogP contribution >= 0.6 is 15.9 Å². The van der Waals surface area contributed by atoms with Crippen LogP contribution in [-0.2, 0) is 6.18 Å². The SMILES string of the molecule is FC(F)(F)c1cc(-c2nnc(C3CCCC3)o2)ccc1Br. The van der Waals surface area contributed by atoms with Crippen molar-refractivity contribution < 1.29 is 17.6 Å². The van der Waals surface area contributed by atoms with Gasteiger partial charge in [0.2, 0.25) is 11.8 Å². The molecule has 1 aliphatic carbocycles. The number of halogens is 4. The molecule has 0 spiro atoms. The van der Waals surface area contributed by atoms with Crippen molar-refractivity contribution in [1.82, 2.24) is 10.2 Å². The Kier molecular flexibility index (Phi) is 3.77. The van der Waals surface area contributed by atoms with Crippen LogP contribution in [-0.4, -0.2) is 10.2 Å². The van der Waals surface area contributed by atoms with Gasteiger partial charge in [-0.3, -0.25) is 0 Å². The van der Waals surface area contributed by atoms with Gasteiger partial charge in [0, 0.05) is 16.0 Å². The zero-order valence-electron chi connectivity index (χ0n) is 11.0. The lowest BCUT2D eigenvalue weighted by Crippen LogP contribution is -2.06. The second-order valence-corrected chi connectivity index (χ2v) is 5.97. The smallest absolute Gasteiger partial charge is 0.417 e. The van der Waals surface area contributed by atoms with Crippen LogP contribution in [0.25, 0.3) is 11.5 Å². The molecule has 0 amide bonds. The van der Waals surface area contributed by atoms with E-state index in [1.165, 1.54) is 12.1 Å². The van der Waals surface area contributed by atoms with E-state index >= 15 is 0 Å². The van der Waals surface area contributed by atoms with Gasteiger partial charge in [0.05, 0.1) is 5.56 Å². The molecule has 0 aliphatic heterocycles. The molecule has 3 rings (SSSR count). The fraction of sp³-hybridized carbons (Fsp3) is 0.429. The maximum Gasteiger partial charge on any atom is 0.417 e. The summed E-state index contributed by atoms with van der Waals surface area (Å²) in [4.78, 5) is 0. The monoisotopic (exact) mass is 360 g/mol. The second kappa shape index (κ2) is 5.44. The standard InChI is InChI=1S/C14H12BrF3N2O/c15-11-6-5-9(7-10(11)14(16,17)18)13-20-19-12(21-13)8-3-1-2-4-8/h5-8H,1-4H2. The summed E-state index contributed by atoms with van der Waals surface area (Å²) in [6, 6.07) is 3.90. The molecule has 3 nitrogen and oxygen atoms in total. The van der Waals surface area contributed by atoms with Crippen LogP contribution in [0.1, 0.15) is 43.1 Å². The molecule has 1 aromatic carbocycles. The van der Waals surface area contributed by atoms with Gasteiger partial charge >= 0.3 is 6.18 Å². The minimum absolute atomic E-state index is 0.00529. The summed E-state index contributed by atoms with van der Waals surface area (Å²) in [5.74, 6) is 0.901. The molecular weight excluding hydrogens is 349 g/mol. The molecule has 0 unspecified atom stereocenters. The molecule has 7 heteroatoms. The number of hydrogen-bond acceptors (Lipinski definition) is 3. The number of hydrogen-bond donors (Lipinski definition) is 0. The predicted molar refractivity (Wildman–Crippen MR) is 73.6 cm³/mol. The highest BCUT2D eigenvalue weighted by molar-refractivity contribution is 9.10. The summed E-state index contributed by atoms with van der Waals surface area (Å²) in [7, 11) is 0. The Labute approximate surface area is 127 Å². The molecule has 1 aromatic heterocycles. The largest absolute Gasteiger partial charge is 0.420 e. The van der Waals surface area contributed by atoms with E-state index < -0.39 is 11.7 Å². The Hall–Kier alpha value is -1.37. The molecule has 21 heavy (non-hydrogen) atoms. The van der Waals surface area contributed by atoms with E-state index in [0.29, 0.717) is 5.89 Å². The van der Waals surface area contributed by atoms with Gasteiger partial charge in [-0.1, -0.05) is 28.8 Å². The molecular formula is C14H12BrF3N2O. The van der Waals surface area contributed by atoms with Gasteiger partial charge in [-0.2, -0.15) is 13.2 Å². The fourth-order valence-corrected chi connectivity index (χ4v) is 3.04. The molecule has 0 saturated heterocycles. The Balaban J connectivity index is 1.93. The lowest BCUT2D eigenvalue weighted by molar-refractivity contribution is -0.138. The van der Waals surface area contributed by atoms with Crippen LogP contribution < -0.4 is 0 Å². The third-order valence-electron chi connectivity index (χ3n) is 3.66. The first kappa shape index (κ1) is 14.6. The molecule has 0 atom stereocenters. The number of benzene rings is 1. The number of rotatable bonds is 2. The lowest BCUT2D eigenvalue weighted by atomic mass is 10.1. The van der Waals surface area contributed by atoms with Crippen molar-refractivity contribution in [2.75, 3.05) is 0 Å². The average molecular weight is 361 g/mol. The fourth-order valence-electron chi connectivity index (χ4n) is 2.56. The van der Waals surface area contributed by atoms with Gasteiger partial charge in [-0.25, -0.2) is 0 Å². The summed E-state index contributed by atoms with van der Waals surface area (Å²) >= 11 is 2.91. The Morgan fingerprint density at radius 1 is 1.14 bits per heavy atom. The van der Waals surface area contributed by atoms with E-state index in [0.717, 1.165) is 31.7 Å². The average Bonchev–Trinajstić information content (AvgIpc) is 3.09. The summed E-state index contributed by atoms with van der Waals surface area (Å²) < 4.78 is 44.2. The van der Waals surface area contributed by atoms with Crippen LogP contribution in [0.3, 0.4) is 0 Å². The van der Waals surface area contributed by atoms with Crippen LogP contribution in [0.4, 0.5) is 13.2 Å². The summed E-state index contributed by atoms with van der Waals surface area (Å²) in [6.07, 6.45) is -0.188. The Bertz CT molecular complexity index is 648. The first-order chi connectivity index (χ1) is 9.95. The van der Waals surface area contributed by atoms with Crippen molar-refractivity contribution in [2.24, 2.45) is 0 Å². The molecule has 1 saturated carbocycles. The van der Waals surface area contributed by atoms with E-state index in [1.54, 1.807) is 0 Å². The summed E-state index contributed by atoms with van der Waals surface area (Å²) in [5.41, 5.74) is -0.470. The molecule has 112 valence electrons. The highest BCUT2D eigenvalue weighted by Gasteiger charge is 2.33. The van der Waals surface area contributed by atoms with E-state index in [4.69, 9.17) is 4.42 Å². The zero-order valence-corrected chi connectivity index (χ0v) is 12.5. The minimum Gasteiger partial charge on any atom is -0.420 e. The minimum atomic E-state index is -4.43. The third kappa shape index (κ3) is 2.97. The van der Waals surface area contributed by atoms with Crippen LogP contribution in [0.15, 0.2) is 27.1 Å². The van der Waals surface area contributed by atoms with Gasteiger partial charge in [-0.05, 0) is 31.0 Å². The van der Waals surface area contributed by atoms with Crippen molar-refractivity contribution in [2.45, 2.75) is 37.8 Å². The molecule has 0 N–H and O–H groups in total. The van der Waals surface area contributed by atoms with Gasteiger partial charge in [0.1, 0.15) is 0 Å². The topological polar surface area (TPSA) is 38.9 Å². The molecule has 0 radical (unpaired) electrons. The lowest BCUT2D eigenvalue weighted by Gasteiger charge is -2.09. The number of nitrogens with zero attached hydrogens (tertiary/aromatic N) is 2. The molecule has 1 heterocycles. The van der Waals surface area contributed by atoms with Gasteiger partial charge in [-0.15, -0.1) is 10.2 Å². The summed E-state index contributed by atoms with van der Waals surface area (Å²) in [6.45, 7) is 0. The first-order valence-corrected chi connectivity index (χ1v) is 7.45. The Morgan fingerprint density at radius 3 is 2.52 bits per heavy atom. The first-order valence-electron chi connectivity index (χ1n) is 6.65. The van der Waals surface area contributed by atoms with E-state index in [1.807, 2.05) is 0 Å². The van der Waals surface area contributed by atoms with Crippen molar-refractivity contribution in [3.8, 4) is 11.5 Å². The van der Waals surface area contributed by atoms with Crippen LogP contribution in [0.5, 0.6) is 0 Å².